The van der Waals surface area contributed by atoms with E-state index in [2.05, 4.69) is 9.97 Å². The Morgan fingerprint density at radius 3 is 3.00 bits per heavy atom. The van der Waals surface area contributed by atoms with Crippen molar-refractivity contribution in [2.45, 2.75) is 20.0 Å². The molecule has 18 heavy (non-hydrogen) atoms. The second kappa shape index (κ2) is 5.29. The lowest BCUT2D eigenvalue weighted by atomic mass is 10.2. The molecule has 0 amide bonds. The highest BCUT2D eigenvalue weighted by Crippen LogP contribution is 2.22. The predicted molar refractivity (Wildman–Crippen MR) is 66.5 cm³/mol. The average molecular weight is 271 g/mol. The van der Waals surface area contributed by atoms with Crippen molar-refractivity contribution in [1.29, 1.82) is 0 Å². The van der Waals surface area contributed by atoms with Crippen molar-refractivity contribution in [2.24, 2.45) is 0 Å². The molecule has 0 spiro atoms. The summed E-state index contributed by atoms with van der Waals surface area (Å²) in [6, 6.07) is 1.76. The summed E-state index contributed by atoms with van der Waals surface area (Å²) < 4.78 is 30.7. The van der Waals surface area contributed by atoms with E-state index in [0.29, 0.717) is 25.5 Å². The summed E-state index contributed by atoms with van der Waals surface area (Å²) in [4.78, 5) is 8.30. The topological polar surface area (TPSA) is 72.4 Å². The molecule has 6 nitrogen and oxygen atoms in total. The highest BCUT2D eigenvalue weighted by atomic mass is 32.2. The van der Waals surface area contributed by atoms with Gasteiger partial charge in [0.1, 0.15) is 11.9 Å². The monoisotopic (exact) mass is 271 g/mol. The zero-order valence-corrected chi connectivity index (χ0v) is 11.4. The quantitative estimate of drug-likeness (QED) is 0.801. The van der Waals surface area contributed by atoms with E-state index >= 15 is 0 Å². The van der Waals surface area contributed by atoms with Crippen LogP contribution in [-0.4, -0.2) is 48.1 Å². The normalized spacial score (nSPS) is 22.0. The van der Waals surface area contributed by atoms with Gasteiger partial charge < -0.3 is 4.74 Å². The number of rotatable bonds is 3. The summed E-state index contributed by atoms with van der Waals surface area (Å²) in [6.07, 6.45) is 1.36. The molecular weight excluding hydrogens is 254 g/mol. The second-order valence-corrected chi connectivity index (χ2v) is 6.40. The molecule has 0 aromatic carbocycles. The molecule has 1 aliphatic heterocycles. The number of hydrogen-bond donors (Lipinski definition) is 0. The SMILES string of the molecule is CCS(=O)(=O)N1CCO[C@H](c2ccnc(C)n2)C1. The van der Waals surface area contributed by atoms with Crippen LogP contribution < -0.4 is 0 Å². The first-order valence-electron chi connectivity index (χ1n) is 5.92. The fourth-order valence-electron chi connectivity index (χ4n) is 1.89. The zero-order valence-electron chi connectivity index (χ0n) is 10.5. The molecule has 0 bridgehead atoms. The first-order chi connectivity index (χ1) is 8.53. The van der Waals surface area contributed by atoms with Crippen LogP contribution in [0.4, 0.5) is 0 Å². The van der Waals surface area contributed by atoms with Gasteiger partial charge in [0, 0.05) is 19.3 Å². The maximum Gasteiger partial charge on any atom is 0.214 e. The molecule has 1 aliphatic rings. The van der Waals surface area contributed by atoms with Crippen molar-refractivity contribution in [3.8, 4) is 0 Å². The van der Waals surface area contributed by atoms with Crippen molar-refractivity contribution in [3.05, 3.63) is 23.8 Å². The van der Waals surface area contributed by atoms with Gasteiger partial charge >= 0.3 is 0 Å². The van der Waals surface area contributed by atoms with E-state index in [0.717, 1.165) is 5.69 Å². The van der Waals surface area contributed by atoms with Gasteiger partial charge in [0.2, 0.25) is 10.0 Å². The fraction of sp³-hybridized carbons (Fsp3) is 0.636. The molecule has 1 aromatic heterocycles. The Kier molecular flexibility index (Phi) is 3.94. The third-order valence-corrected chi connectivity index (χ3v) is 4.76. The first-order valence-corrected chi connectivity index (χ1v) is 7.53. The van der Waals surface area contributed by atoms with Gasteiger partial charge in [0.15, 0.2) is 0 Å². The molecule has 0 radical (unpaired) electrons. The average Bonchev–Trinajstić information content (AvgIpc) is 2.39. The molecule has 1 fully saturated rings. The fourth-order valence-corrected chi connectivity index (χ4v) is 2.97. The van der Waals surface area contributed by atoms with E-state index in [4.69, 9.17) is 4.74 Å². The van der Waals surface area contributed by atoms with Gasteiger partial charge in [-0.2, -0.15) is 4.31 Å². The molecule has 0 unspecified atom stereocenters. The lowest BCUT2D eigenvalue weighted by Crippen LogP contribution is -2.43. The molecule has 7 heteroatoms. The van der Waals surface area contributed by atoms with Crippen LogP contribution in [0.2, 0.25) is 0 Å². The smallest absolute Gasteiger partial charge is 0.214 e. The Balaban J connectivity index is 2.17. The highest BCUT2D eigenvalue weighted by molar-refractivity contribution is 7.89. The van der Waals surface area contributed by atoms with Crippen molar-refractivity contribution >= 4 is 10.0 Å². The van der Waals surface area contributed by atoms with E-state index in [-0.39, 0.29) is 11.9 Å². The van der Waals surface area contributed by atoms with E-state index in [1.54, 1.807) is 26.1 Å². The van der Waals surface area contributed by atoms with Crippen LogP contribution in [0, 0.1) is 6.92 Å². The van der Waals surface area contributed by atoms with Crippen LogP contribution in [0.5, 0.6) is 0 Å². The predicted octanol–water partition coefficient (Wildman–Crippen LogP) is 0.508. The highest BCUT2D eigenvalue weighted by Gasteiger charge is 2.29. The molecule has 0 N–H and O–H groups in total. The van der Waals surface area contributed by atoms with Crippen molar-refractivity contribution in [1.82, 2.24) is 14.3 Å². The number of aromatic nitrogens is 2. The van der Waals surface area contributed by atoms with Gasteiger partial charge in [-0.05, 0) is 19.9 Å². The number of ether oxygens (including phenoxy) is 1. The molecule has 0 aliphatic carbocycles. The maximum atomic E-state index is 11.8. The van der Waals surface area contributed by atoms with Gasteiger partial charge in [-0.3, -0.25) is 0 Å². The van der Waals surface area contributed by atoms with Crippen molar-refractivity contribution in [3.63, 3.8) is 0 Å². The summed E-state index contributed by atoms with van der Waals surface area (Å²) in [7, 11) is -3.16. The summed E-state index contributed by atoms with van der Waals surface area (Å²) >= 11 is 0. The number of nitrogens with zero attached hydrogens (tertiary/aromatic N) is 3. The van der Waals surface area contributed by atoms with Gasteiger partial charge in [-0.15, -0.1) is 0 Å². The summed E-state index contributed by atoms with van der Waals surface area (Å²) in [5.41, 5.74) is 0.735. The number of hydrogen-bond acceptors (Lipinski definition) is 5. The van der Waals surface area contributed by atoms with Crippen molar-refractivity contribution < 1.29 is 13.2 Å². The minimum atomic E-state index is -3.16. The minimum Gasteiger partial charge on any atom is -0.369 e. The summed E-state index contributed by atoms with van der Waals surface area (Å²) in [5.74, 6) is 0.772. The third-order valence-electron chi connectivity index (χ3n) is 2.91. The standard InChI is InChI=1S/C11H17N3O3S/c1-3-18(15,16)14-6-7-17-11(8-14)10-4-5-12-9(2)13-10/h4-5,11H,3,6-8H2,1-2H3/t11-/m0/s1. The molecule has 1 atom stereocenters. The van der Waals surface area contributed by atoms with Crippen LogP contribution >= 0.6 is 0 Å². The van der Waals surface area contributed by atoms with Gasteiger partial charge in [0.25, 0.3) is 0 Å². The molecule has 1 saturated heterocycles. The molecule has 0 saturated carbocycles. The van der Waals surface area contributed by atoms with Gasteiger partial charge in [-0.25, -0.2) is 18.4 Å². The van der Waals surface area contributed by atoms with Crippen LogP contribution in [0.25, 0.3) is 0 Å². The van der Waals surface area contributed by atoms with Crippen molar-refractivity contribution in [2.75, 3.05) is 25.4 Å². The zero-order chi connectivity index (χ0) is 13.2. The molecule has 2 rings (SSSR count). The molecular formula is C11H17N3O3S. The van der Waals surface area contributed by atoms with Crippen LogP contribution in [-0.2, 0) is 14.8 Å². The first kappa shape index (κ1) is 13.4. The molecule has 1 aromatic rings. The van der Waals surface area contributed by atoms with Crippen LogP contribution in [0.1, 0.15) is 24.5 Å². The number of aryl methyl sites for hydroxylation is 1. The molecule has 100 valence electrons. The summed E-state index contributed by atoms with van der Waals surface area (Å²) in [6.45, 7) is 4.58. The minimum absolute atomic E-state index is 0.114. The third kappa shape index (κ3) is 2.85. The summed E-state index contributed by atoms with van der Waals surface area (Å²) in [5, 5.41) is 0. The Bertz CT molecular complexity index is 518. The number of sulfonamides is 1. The van der Waals surface area contributed by atoms with Crippen LogP contribution in [0.3, 0.4) is 0 Å². The lowest BCUT2D eigenvalue weighted by molar-refractivity contribution is -0.00504. The van der Waals surface area contributed by atoms with E-state index in [1.165, 1.54) is 4.31 Å². The van der Waals surface area contributed by atoms with Gasteiger partial charge in [0.05, 0.1) is 18.1 Å². The lowest BCUT2D eigenvalue weighted by Gasteiger charge is -2.31. The Morgan fingerprint density at radius 2 is 2.33 bits per heavy atom. The van der Waals surface area contributed by atoms with E-state index < -0.39 is 10.0 Å². The van der Waals surface area contributed by atoms with E-state index in [1.807, 2.05) is 0 Å². The Labute approximate surface area is 107 Å². The maximum absolute atomic E-state index is 11.8. The van der Waals surface area contributed by atoms with E-state index in [9.17, 15) is 8.42 Å². The second-order valence-electron chi connectivity index (χ2n) is 4.15. The Morgan fingerprint density at radius 1 is 1.56 bits per heavy atom. The number of morpholine rings is 1. The van der Waals surface area contributed by atoms with Crippen LogP contribution in [0.15, 0.2) is 12.3 Å². The largest absolute Gasteiger partial charge is 0.369 e. The molecule has 2 heterocycles. The Hall–Kier alpha value is -1.05. The van der Waals surface area contributed by atoms with Gasteiger partial charge in [-0.1, -0.05) is 0 Å².